The van der Waals surface area contributed by atoms with Crippen molar-refractivity contribution >= 4 is 11.9 Å². The van der Waals surface area contributed by atoms with E-state index in [1.807, 2.05) is 64.1 Å². The quantitative estimate of drug-likeness (QED) is 0.134. The summed E-state index contributed by atoms with van der Waals surface area (Å²) in [7, 11) is 0. The van der Waals surface area contributed by atoms with Crippen LogP contribution in [0.4, 0.5) is 0 Å². The Bertz CT molecular complexity index is 1470. The minimum Gasteiger partial charge on any atom is -0.481 e. The maximum absolute atomic E-state index is 12.7. The van der Waals surface area contributed by atoms with Crippen LogP contribution >= 0.6 is 0 Å². The molecule has 1 aliphatic carbocycles. The molecule has 0 atom stereocenters. The van der Waals surface area contributed by atoms with Gasteiger partial charge in [-0.2, -0.15) is 0 Å². The number of rotatable bonds is 10. The summed E-state index contributed by atoms with van der Waals surface area (Å²) in [5.74, 6) is 0.447. The van der Waals surface area contributed by atoms with Crippen molar-refractivity contribution in [3.8, 4) is 17.2 Å². The number of allylic oxidation sites excluding steroid dienone is 9. The van der Waals surface area contributed by atoms with Crippen molar-refractivity contribution in [2.45, 2.75) is 81.1 Å². The van der Waals surface area contributed by atoms with Gasteiger partial charge in [0.1, 0.15) is 17.2 Å². The smallest absolute Gasteiger partial charge is 0.336 e. The molecule has 0 amide bonds. The van der Waals surface area contributed by atoms with Gasteiger partial charge in [-0.05, 0) is 118 Å². The lowest BCUT2D eigenvalue weighted by Gasteiger charge is -2.32. The Morgan fingerprint density at radius 1 is 0.952 bits per heavy atom. The van der Waals surface area contributed by atoms with E-state index >= 15 is 0 Å². The number of benzene rings is 2. The average molecular weight is 569 g/mol. The number of ether oxygens (including phenoxy) is 2. The standard InChI is InChI=1S/C37H44O5/c1-24(14-16-32-26(3)13-10-18-37(32,7)8)11-9-12-25(2)19-35(40)42-36-28(5)21-31(22-29(36)6)41-33-17-15-30(20-27(33)4)23-34(38)39/h9,11-12,14-17,19-22H,10,13,18,23H2,1-8H3,(H,38,39)/b12-9+,16-14+,24-11+,25-19+. The van der Waals surface area contributed by atoms with E-state index in [1.54, 1.807) is 12.1 Å². The summed E-state index contributed by atoms with van der Waals surface area (Å²) in [6, 6.07) is 8.98. The molecule has 2 aromatic rings. The second-order valence-corrected chi connectivity index (χ2v) is 12.0. The predicted molar refractivity (Wildman–Crippen MR) is 170 cm³/mol. The van der Waals surface area contributed by atoms with Gasteiger partial charge in [-0.25, -0.2) is 4.79 Å². The molecule has 0 heterocycles. The summed E-state index contributed by atoms with van der Waals surface area (Å²) in [5.41, 5.74) is 8.18. The first-order chi connectivity index (χ1) is 19.7. The third kappa shape index (κ3) is 9.20. The molecule has 1 N–H and O–H groups in total. The molecule has 42 heavy (non-hydrogen) atoms. The molecular formula is C37H44O5. The summed E-state index contributed by atoms with van der Waals surface area (Å²) in [5, 5.41) is 9.01. The Hall–Kier alpha value is -4.12. The summed E-state index contributed by atoms with van der Waals surface area (Å²) in [6.07, 6.45) is 15.4. The van der Waals surface area contributed by atoms with E-state index in [0.717, 1.165) is 33.4 Å². The van der Waals surface area contributed by atoms with Crippen molar-refractivity contribution in [1.29, 1.82) is 0 Å². The lowest BCUT2D eigenvalue weighted by Crippen LogP contribution is -2.19. The first-order valence-electron chi connectivity index (χ1n) is 14.5. The van der Waals surface area contributed by atoms with Gasteiger partial charge < -0.3 is 14.6 Å². The Labute approximate surface area is 251 Å². The molecule has 2 aromatic carbocycles. The second kappa shape index (κ2) is 14.2. The fourth-order valence-electron chi connectivity index (χ4n) is 5.36. The number of carbonyl (C=O) groups is 2. The van der Waals surface area contributed by atoms with Gasteiger partial charge in [-0.15, -0.1) is 0 Å². The van der Waals surface area contributed by atoms with Crippen LogP contribution in [0, 0.1) is 26.2 Å². The van der Waals surface area contributed by atoms with Crippen molar-refractivity contribution < 1.29 is 24.2 Å². The van der Waals surface area contributed by atoms with Crippen LogP contribution in [0.15, 0.2) is 89.1 Å². The lowest BCUT2D eigenvalue weighted by molar-refractivity contribution is -0.136. The Morgan fingerprint density at radius 3 is 2.26 bits per heavy atom. The molecule has 0 radical (unpaired) electrons. The van der Waals surface area contributed by atoms with Crippen LogP contribution in [0.5, 0.6) is 17.2 Å². The highest BCUT2D eigenvalue weighted by atomic mass is 16.5. The normalized spacial score (nSPS) is 15.9. The number of carboxylic acids is 1. The summed E-state index contributed by atoms with van der Waals surface area (Å²) < 4.78 is 11.8. The third-order valence-corrected chi connectivity index (χ3v) is 7.58. The number of hydrogen-bond acceptors (Lipinski definition) is 4. The van der Waals surface area contributed by atoms with Crippen molar-refractivity contribution in [2.24, 2.45) is 5.41 Å². The lowest BCUT2D eigenvalue weighted by atomic mass is 9.72. The number of aryl methyl sites for hydroxylation is 3. The van der Waals surface area contributed by atoms with Crippen molar-refractivity contribution in [2.75, 3.05) is 0 Å². The monoisotopic (exact) mass is 568 g/mol. The molecule has 0 fully saturated rings. The molecule has 5 heteroatoms. The first kappa shape index (κ1) is 32.4. The number of esters is 1. The Morgan fingerprint density at radius 2 is 1.64 bits per heavy atom. The van der Waals surface area contributed by atoms with Gasteiger partial charge in [0.25, 0.3) is 0 Å². The van der Waals surface area contributed by atoms with E-state index in [-0.39, 0.29) is 11.8 Å². The Kier molecular flexibility index (Phi) is 10.9. The van der Waals surface area contributed by atoms with Gasteiger partial charge in [0.15, 0.2) is 0 Å². The number of hydrogen-bond donors (Lipinski definition) is 1. The highest BCUT2D eigenvalue weighted by molar-refractivity contribution is 5.85. The topological polar surface area (TPSA) is 72.8 Å². The molecule has 3 rings (SSSR count). The molecule has 0 saturated carbocycles. The van der Waals surface area contributed by atoms with Crippen molar-refractivity contribution in [3.05, 3.63) is 111 Å². The fourth-order valence-corrected chi connectivity index (χ4v) is 5.36. The van der Waals surface area contributed by atoms with E-state index in [1.165, 1.54) is 36.5 Å². The van der Waals surface area contributed by atoms with Gasteiger partial charge in [-0.3, -0.25) is 4.79 Å². The Balaban J connectivity index is 1.63. The minimum absolute atomic E-state index is 0.0340. The van der Waals surface area contributed by atoms with Gasteiger partial charge >= 0.3 is 11.9 Å². The van der Waals surface area contributed by atoms with Crippen molar-refractivity contribution in [1.82, 2.24) is 0 Å². The maximum Gasteiger partial charge on any atom is 0.336 e. The molecule has 0 aromatic heterocycles. The van der Waals surface area contributed by atoms with E-state index in [4.69, 9.17) is 14.6 Å². The average Bonchev–Trinajstić information content (AvgIpc) is 2.87. The SMILES string of the molecule is CC1=C(/C=C/C(C)=C/C=C/C(C)=C/C(=O)Oc2c(C)cc(Oc3ccc(CC(=O)O)cc3C)cc2C)C(C)(C)CCC1. The maximum atomic E-state index is 12.7. The fraction of sp³-hybridized carbons (Fsp3) is 0.351. The zero-order valence-electron chi connectivity index (χ0n) is 26.3. The molecule has 222 valence electrons. The van der Waals surface area contributed by atoms with Crippen LogP contribution in [0.2, 0.25) is 0 Å². The summed E-state index contributed by atoms with van der Waals surface area (Å²) in [4.78, 5) is 23.7. The molecule has 0 spiro atoms. The molecule has 1 aliphatic rings. The molecule has 0 unspecified atom stereocenters. The molecule has 0 bridgehead atoms. The third-order valence-electron chi connectivity index (χ3n) is 7.58. The van der Waals surface area contributed by atoms with Gasteiger partial charge in [0.2, 0.25) is 0 Å². The molecular weight excluding hydrogens is 524 g/mol. The summed E-state index contributed by atoms with van der Waals surface area (Å²) >= 11 is 0. The minimum atomic E-state index is -0.873. The van der Waals surface area contributed by atoms with Gasteiger partial charge in [-0.1, -0.05) is 67.5 Å². The van der Waals surface area contributed by atoms with Crippen LogP contribution < -0.4 is 9.47 Å². The summed E-state index contributed by atoms with van der Waals surface area (Å²) in [6.45, 7) is 16.4. The highest BCUT2D eigenvalue weighted by Gasteiger charge is 2.26. The second-order valence-electron chi connectivity index (χ2n) is 12.0. The zero-order valence-corrected chi connectivity index (χ0v) is 26.3. The number of carboxylic acid groups (broad SMARTS) is 1. The largest absolute Gasteiger partial charge is 0.481 e. The van der Waals surface area contributed by atoms with Crippen LogP contribution in [0.3, 0.4) is 0 Å². The molecule has 5 nitrogen and oxygen atoms in total. The van der Waals surface area contributed by atoms with Crippen LogP contribution in [0.25, 0.3) is 0 Å². The molecule has 0 saturated heterocycles. The van der Waals surface area contributed by atoms with Crippen LogP contribution in [-0.2, 0) is 16.0 Å². The predicted octanol–water partition coefficient (Wildman–Crippen LogP) is 9.47. The zero-order chi connectivity index (χ0) is 31.0. The van der Waals surface area contributed by atoms with E-state index < -0.39 is 11.9 Å². The van der Waals surface area contributed by atoms with E-state index in [2.05, 4.69) is 39.8 Å². The van der Waals surface area contributed by atoms with E-state index in [0.29, 0.717) is 17.2 Å². The van der Waals surface area contributed by atoms with Gasteiger partial charge in [0, 0.05) is 6.08 Å². The molecule has 0 aliphatic heterocycles. The highest BCUT2D eigenvalue weighted by Crippen LogP contribution is 2.40. The number of aliphatic carboxylic acids is 1. The van der Waals surface area contributed by atoms with Gasteiger partial charge in [0.05, 0.1) is 6.42 Å². The van der Waals surface area contributed by atoms with Crippen LogP contribution in [-0.4, -0.2) is 17.0 Å². The van der Waals surface area contributed by atoms with Crippen LogP contribution in [0.1, 0.15) is 76.1 Å². The van der Waals surface area contributed by atoms with Crippen molar-refractivity contribution in [3.63, 3.8) is 0 Å². The van der Waals surface area contributed by atoms with E-state index in [9.17, 15) is 9.59 Å². The number of carbonyl (C=O) groups excluding carboxylic acids is 1. The first-order valence-corrected chi connectivity index (χ1v) is 14.5.